The van der Waals surface area contributed by atoms with E-state index in [2.05, 4.69) is 10.3 Å². The SMILES string of the molecule is CCCCOC(=O)COC(=O)CCNc1c[nH]c2ccc(O)cc12. The van der Waals surface area contributed by atoms with Crippen LogP contribution in [0.25, 0.3) is 10.9 Å². The van der Waals surface area contributed by atoms with E-state index >= 15 is 0 Å². The van der Waals surface area contributed by atoms with E-state index in [9.17, 15) is 14.7 Å². The summed E-state index contributed by atoms with van der Waals surface area (Å²) in [4.78, 5) is 26.0. The van der Waals surface area contributed by atoms with E-state index in [0.717, 1.165) is 29.4 Å². The standard InChI is InChI=1S/C17H22N2O5/c1-2-3-8-23-17(22)11-24-16(21)6-7-18-15-10-19-14-5-4-12(20)9-13(14)15/h4-5,9-10,18-20H,2-3,6-8,11H2,1H3. The molecule has 7 heteroatoms. The van der Waals surface area contributed by atoms with Crippen LogP contribution in [-0.2, 0) is 19.1 Å². The third-order valence-corrected chi connectivity index (χ3v) is 3.42. The lowest BCUT2D eigenvalue weighted by atomic mass is 10.2. The first-order valence-electron chi connectivity index (χ1n) is 7.95. The summed E-state index contributed by atoms with van der Waals surface area (Å²) in [5, 5.41) is 13.5. The zero-order valence-corrected chi connectivity index (χ0v) is 13.6. The van der Waals surface area contributed by atoms with Gasteiger partial charge in [-0.05, 0) is 24.6 Å². The van der Waals surface area contributed by atoms with E-state index in [1.807, 2.05) is 6.92 Å². The number of benzene rings is 1. The molecular formula is C17H22N2O5. The maximum absolute atomic E-state index is 11.6. The van der Waals surface area contributed by atoms with Gasteiger partial charge in [-0.2, -0.15) is 0 Å². The van der Waals surface area contributed by atoms with Crippen LogP contribution in [-0.4, -0.2) is 41.8 Å². The number of hydrogen-bond donors (Lipinski definition) is 3. The lowest BCUT2D eigenvalue weighted by molar-refractivity contribution is -0.158. The molecule has 2 aromatic rings. The molecule has 3 N–H and O–H groups in total. The Hall–Kier alpha value is -2.70. The third kappa shape index (κ3) is 5.19. The average Bonchev–Trinajstić information content (AvgIpc) is 2.95. The quantitative estimate of drug-likeness (QED) is 0.481. The second-order valence-electron chi connectivity index (χ2n) is 5.34. The Morgan fingerprint density at radius 1 is 1.25 bits per heavy atom. The topological polar surface area (TPSA) is 101 Å². The molecule has 0 bridgehead atoms. The second-order valence-corrected chi connectivity index (χ2v) is 5.34. The molecule has 0 aliphatic rings. The molecule has 0 aliphatic heterocycles. The van der Waals surface area contributed by atoms with E-state index in [4.69, 9.17) is 9.47 Å². The Bertz CT molecular complexity index is 695. The number of carbonyl (C=O) groups is 2. The fourth-order valence-corrected chi connectivity index (χ4v) is 2.14. The predicted octanol–water partition coefficient (Wildman–Crippen LogP) is 2.56. The maximum Gasteiger partial charge on any atom is 0.344 e. The normalized spacial score (nSPS) is 10.5. The van der Waals surface area contributed by atoms with E-state index in [-0.39, 0.29) is 18.8 Å². The first-order valence-corrected chi connectivity index (χ1v) is 7.95. The van der Waals surface area contributed by atoms with Gasteiger partial charge in [0.1, 0.15) is 5.75 Å². The minimum atomic E-state index is -0.531. The summed E-state index contributed by atoms with van der Waals surface area (Å²) < 4.78 is 9.76. The molecule has 0 saturated carbocycles. The number of hydrogen-bond acceptors (Lipinski definition) is 6. The van der Waals surface area contributed by atoms with Crippen molar-refractivity contribution in [3.05, 3.63) is 24.4 Å². The molecule has 1 heterocycles. The highest BCUT2D eigenvalue weighted by atomic mass is 16.6. The van der Waals surface area contributed by atoms with Crippen LogP contribution in [0.3, 0.4) is 0 Å². The van der Waals surface area contributed by atoms with Crippen LogP contribution in [0.4, 0.5) is 5.69 Å². The van der Waals surface area contributed by atoms with Gasteiger partial charge in [0.05, 0.1) is 18.7 Å². The largest absolute Gasteiger partial charge is 0.508 e. The van der Waals surface area contributed by atoms with Crippen LogP contribution in [0.1, 0.15) is 26.2 Å². The fourth-order valence-electron chi connectivity index (χ4n) is 2.14. The number of carbonyl (C=O) groups excluding carboxylic acids is 2. The molecule has 130 valence electrons. The van der Waals surface area contributed by atoms with Crippen molar-refractivity contribution in [1.82, 2.24) is 4.98 Å². The van der Waals surface area contributed by atoms with Crippen LogP contribution < -0.4 is 5.32 Å². The molecule has 0 fully saturated rings. The van der Waals surface area contributed by atoms with Crippen molar-refractivity contribution in [3.63, 3.8) is 0 Å². The predicted molar refractivity (Wildman–Crippen MR) is 89.9 cm³/mol. The van der Waals surface area contributed by atoms with Crippen LogP contribution in [0.2, 0.25) is 0 Å². The number of H-pyrrole nitrogens is 1. The number of phenolic OH excluding ortho intramolecular Hbond substituents is 1. The van der Waals surface area contributed by atoms with Crippen LogP contribution in [0.5, 0.6) is 5.75 Å². The van der Waals surface area contributed by atoms with Gasteiger partial charge in [-0.25, -0.2) is 4.79 Å². The molecule has 0 radical (unpaired) electrons. The smallest absolute Gasteiger partial charge is 0.344 e. The minimum Gasteiger partial charge on any atom is -0.508 e. The number of aromatic amines is 1. The summed E-state index contributed by atoms with van der Waals surface area (Å²) in [5.41, 5.74) is 1.67. The van der Waals surface area contributed by atoms with Crippen LogP contribution >= 0.6 is 0 Å². The van der Waals surface area contributed by atoms with Gasteiger partial charge in [-0.3, -0.25) is 4.79 Å². The minimum absolute atomic E-state index is 0.119. The zero-order chi connectivity index (χ0) is 17.4. The van der Waals surface area contributed by atoms with Crippen molar-refractivity contribution in [2.24, 2.45) is 0 Å². The van der Waals surface area contributed by atoms with E-state index < -0.39 is 11.9 Å². The number of phenols is 1. The van der Waals surface area contributed by atoms with Gasteiger partial charge in [0, 0.05) is 23.6 Å². The van der Waals surface area contributed by atoms with Gasteiger partial charge < -0.3 is 24.9 Å². The number of nitrogens with one attached hydrogen (secondary N) is 2. The van der Waals surface area contributed by atoms with Crippen molar-refractivity contribution in [2.75, 3.05) is 25.1 Å². The number of aromatic nitrogens is 1. The van der Waals surface area contributed by atoms with Crippen LogP contribution in [0, 0.1) is 0 Å². The molecule has 0 spiro atoms. The first-order chi connectivity index (χ1) is 11.6. The van der Waals surface area contributed by atoms with Gasteiger partial charge in [-0.15, -0.1) is 0 Å². The first kappa shape index (κ1) is 17.7. The van der Waals surface area contributed by atoms with Crippen molar-refractivity contribution in [3.8, 4) is 5.75 Å². The summed E-state index contributed by atoms with van der Waals surface area (Å²) in [6.07, 6.45) is 3.61. The molecule has 2 rings (SSSR count). The van der Waals surface area contributed by atoms with Gasteiger partial charge in [-0.1, -0.05) is 13.3 Å². The second kappa shape index (κ2) is 8.81. The number of ether oxygens (including phenoxy) is 2. The molecule has 1 aromatic heterocycles. The van der Waals surface area contributed by atoms with Crippen molar-refractivity contribution < 1.29 is 24.2 Å². The zero-order valence-electron chi connectivity index (χ0n) is 13.6. The summed E-state index contributed by atoms with van der Waals surface area (Å²) >= 11 is 0. The number of fused-ring (bicyclic) bond motifs is 1. The number of anilines is 1. The summed E-state index contributed by atoms with van der Waals surface area (Å²) in [5.74, 6) is -0.833. The van der Waals surface area contributed by atoms with Gasteiger partial charge in [0.15, 0.2) is 6.61 Å². The highest BCUT2D eigenvalue weighted by Gasteiger charge is 2.09. The van der Waals surface area contributed by atoms with Gasteiger partial charge in [0.25, 0.3) is 0 Å². The maximum atomic E-state index is 11.6. The summed E-state index contributed by atoms with van der Waals surface area (Å²) in [6.45, 7) is 2.34. The Labute approximate surface area is 140 Å². The monoisotopic (exact) mass is 334 g/mol. The molecule has 0 saturated heterocycles. The summed E-state index contributed by atoms with van der Waals surface area (Å²) in [7, 11) is 0. The molecule has 1 aromatic carbocycles. The number of rotatable bonds is 9. The Morgan fingerprint density at radius 3 is 2.88 bits per heavy atom. The van der Waals surface area contributed by atoms with Crippen molar-refractivity contribution >= 4 is 28.5 Å². The summed E-state index contributed by atoms with van der Waals surface area (Å²) in [6, 6.07) is 5.01. The molecule has 0 atom stereocenters. The lowest BCUT2D eigenvalue weighted by Crippen LogP contribution is -2.18. The molecule has 0 aliphatic carbocycles. The molecule has 7 nitrogen and oxygen atoms in total. The molecular weight excluding hydrogens is 312 g/mol. The fraction of sp³-hybridized carbons (Fsp3) is 0.412. The van der Waals surface area contributed by atoms with E-state index in [0.29, 0.717) is 13.2 Å². The Balaban J connectivity index is 1.70. The Kier molecular flexibility index (Phi) is 6.48. The highest BCUT2D eigenvalue weighted by molar-refractivity contribution is 5.93. The van der Waals surface area contributed by atoms with Gasteiger partial charge in [0.2, 0.25) is 0 Å². The average molecular weight is 334 g/mol. The number of aromatic hydroxyl groups is 1. The van der Waals surface area contributed by atoms with Crippen molar-refractivity contribution in [2.45, 2.75) is 26.2 Å². The highest BCUT2D eigenvalue weighted by Crippen LogP contribution is 2.26. The molecule has 0 amide bonds. The van der Waals surface area contributed by atoms with Gasteiger partial charge >= 0.3 is 11.9 Å². The van der Waals surface area contributed by atoms with Crippen molar-refractivity contribution in [1.29, 1.82) is 0 Å². The lowest BCUT2D eigenvalue weighted by Gasteiger charge is -2.07. The third-order valence-electron chi connectivity index (χ3n) is 3.42. The van der Waals surface area contributed by atoms with E-state index in [1.54, 1.807) is 24.4 Å². The molecule has 0 unspecified atom stereocenters. The molecule has 24 heavy (non-hydrogen) atoms. The Morgan fingerprint density at radius 2 is 2.08 bits per heavy atom. The van der Waals surface area contributed by atoms with E-state index in [1.165, 1.54) is 0 Å². The van der Waals surface area contributed by atoms with Crippen LogP contribution in [0.15, 0.2) is 24.4 Å². The number of unbranched alkanes of at least 4 members (excludes halogenated alkanes) is 1. The number of esters is 2.